The van der Waals surface area contributed by atoms with Crippen molar-refractivity contribution in [3.8, 4) is 6.07 Å². The zero-order valence-corrected chi connectivity index (χ0v) is 7.55. The van der Waals surface area contributed by atoms with E-state index in [1.54, 1.807) is 7.11 Å². The number of methoxy groups -OCH3 is 1. The highest BCUT2D eigenvalue weighted by atomic mass is 16.5. The molecule has 0 saturated heterocycles. The van der Waals surface area contributed by atoms with Crippen LogP contribution in [0.2, 0.25) is 0 Å². The summed E-state index contributed by atoms with van der Waals surface area (Å²) in [6.07, 6.45) is 5.35. The molecule has 0 aromatic heterocycles. The first-order chi connectivity index (χ1) is 5.75. The molecule has 0 aromatic carbocycles. The molecule has 0 heterocycles. The molecule has 1 atom stereocenters. The van der Waals surface area contributed by atoms with Gasteiger partial charge in [0.05, 0.1) is 11.7 Å². The molecule has 0 radical (unpaired) electrons. The van der Waals surface area contributed by atoms with E-state index in [-0.39, 0.29) is 5.60 Å². The number of nitriles is 1. The summed E-state index contributed by atoms with van der Waals surface area (Å²) >= 11 is 0. The largest absolute Gasteiger partial charge is 0.375 e. The van der Waals surface area contributed by atoms with Crippen molar-refractivity contribution in [3.63, 3.8) is 0 Å². The van der Waals surface area contributed by atoms with Crippen molar-refractivity contribution in [1.82, 2.24) is 0 Å². The molecule has 0 aliphatic heterocycles. The Labute approximate surface area is 73.5 Å². The van der Waals surface area contributed by atoms with Crippen molar-refractivity contribution in [3.05, 3.63) is 0 Å². The Morgan fingerprint density at radius 1 is 1.42 bits per heavy atom. The third-order valence-corrected chi connectivity index (χ3v) is 2.81. The topological polar surface area (TPSA) is 59.0 Å². The zero-order valence-electron chi connectivity index (χ0n) is 7.55. The first kappa shape index (κ1) is 9.50. The van der Waals surface area contributed by atoms with Gasteiger partial charge in [0.15, 0.2) is 0 Å². The Morgan fingerprint density at radius 3 is 2.42 bits per heavy atom. The highest BCUT2D eigenvalue weighted by Gasteiger charge is 2.38. The molecule has 1 fully saturated rings. The molecule has 0 amide bonds. The Balaban J connectivity index is 2.67. The minimum absolute atomic E-state index is 0.354. The van der Waals surface area contributed by atoms with Crippen molar-refractivity contribution in [1.29, 1.82) is 5.26 Å². The maximum Gasteiger partial charge on any atom is 0.122 e. The highest BCUT2D eigenvalue weighted by Crippen LogP contribution is 2.32. The fourth-order valence-electron chi connectivity index (χ4n) is 1.91. The molecule has 1 saturated carbocycles. The molecule has 1 aliphatic rings. The van der Waals surface area contributed by atoms with Gasteiger partial charge in [-0.25, -0.2) is 0 Å². The lowest BCUT2D eigenvalue weighted by molar-refractivity contribution is -0.0464. The number of rotatable bonds is 2. The van der Waals surface area contributed by atoms with E-state index in [1.165, 1.54) is 6.42 Å². The van der Waals surface area contributed by atoms with E-state index >= 15 is 0 Å². The van der Waals surface area contributed by atoms with Crippen LogP contribution in [0.5, 0.6) is 0 Å². The smallest absolute Gasteiger partial charge is 0.122 e. The van der Waals surface area contributed by atoms with Gasteiger partial charge in [-0.15, -0.1) is 0 Å². The first-order valence-electron chi connectivity index (χ1n) is 4.45. The van der Waals surface area contributed by atoms with Crippen LogP contribution in [-0.4, -0.2) is 18.8 Å². The lowest BCUT2D eigenvalue weighted by atomic mass is 9.80. The number of hydrogen-bond donors (Lipinski definition) is 1. The fraction of sp³-hybridized carbons (Fsp3) is 0.889. The van der Waals surface area contributed by atoms with Crippen LogP contribution < -0.4 is 5.73 Å². The third-order valence-electron chi connectivity index (χ3n) is 2.81. The molecule has 3 heteroatoms. The van der Waals surface area contributed by atoms with Crippen molar-refractivity contribution >= 4 is 0 Å². The van der Waals surface area contributed by atoms with Gasteiger partial charge >= 0.3 is 0 Å². The molecule has 12 heavy (non-hydrogen) atoms. The monoisotopic (exact) mass is 168 g/mol. The lowest BCUT2D eigenvalue weighted by Gasteiger charge is -2.37. The lowest BCUT2D eigenvalue weighted by Crippen LogP contribution is -2.49. The summed E-state index contributed by atoms with van der Waals surface area (Å²) in [6.45, 7) is 0. The van der Waals surface area contributed by atoms with Crippen LogP contribution in [0.15, 0.2) is 0 Å². The second-order valence-electron chi connectivity index (χ2n) is 3.44. The summed E-state index contributed by atoms with van der Waals surface area (Å²) in [7, 11) is 1.66. The number of nitrogens with zero attached hydrogens (tertiary/aromatic N) is 1. The summed E-state index contributed by atoms with van der Waals surface area (Å²) in [5, 5.41) is 8.73. The van der Waals surface area contributed by atoms with Gasteiger partial charge in [0, 0.05) is 7.11 Å². The molecular formula is C9H16N2O. The van der Waals surface area contributed by atoms with Crippen LogP contribution in [0.4, 0.5) is 0 Å². The van der Waals surface area contributed by atoms with E-state index in [0.717, 1.165) is 25.7 Å². The Morgan fingerprint density at radius 2 is 2.00 bits per heavy atom. The predicted octanol–water partition coefficient (Wildman–Crippen LogP) is 1.19. The van der Waals surface area contributed by atoms with E-state index in [1.807, 2.05) is 0 Å². The van der Waals surface area contributed by atoms with Crippen molar-refractivity contribution in [2.24, 2.45) is 5.73 Å². The summed E-state index contributed by atoms with van der Waals surface area (Å²) in [6, 6.07) is 1.61. The van der Waals surface area contributed by atoms with Crippen LogP contribution in [0.1, 0.15) is 32.1 Å². The third kappa shape index (κ3) is 1.60. The standard InChI is InChI=1S/C9H16N2O/c1-12-9(8(11)7-10)5-3-2-4-6-9/h8H,2-6,11H2,1H3. The van der Waals surface area contributed by atoms with E-state index in [4.69, 9.17) is 15.7 Å². The number of nitrogens with two attached hydrogens (primary N) is 1. The molecule has 2 N–H and O–H groups in total. The quantitative estimate of drug-likeness (QED) is 0.673. The average molecular weight is 168 g/mol. The molecule has 1 aliphatic carbocycles. The van der Waals surface area contributed by atoms with Crippen LogP contribution in [0.3, 0.4) is 0 Å². The van der Waals surface area contributed by atoms with E-state index in [2.05, 4.69) is 6.07 Å². The molecule has 0 bridgehead atoms. The Bertz CT molecular complexity index is 179. The highest BCUT2D eigenvalue weighted by molar-refractivity contribution is 5.04. The van der Waals surface area contributed by atoms with Crippen LogP contribution in [-0.2, 0) is 4.74 Å². The summed E-state index contributed by atoms with van der Waals surface area (Å²) in [5.74, 6) is 0. The maximum absolute atomic E-state index is 8.73. The first-order valence-corrected chi connectivity index (χ1v) is 4.45. The number of ether oxygens (including phenoxy) is 1. The van der Waals surface area contributed by atoms with E-state index in [0.29, 0.717) is 0 Å². The normalized spacial score (nSPS) is 24.4. The van der Waals surface area contributed by atoms with Crippen LogP contribution in [0.25, 0.3) is 0 Å². The van der Waals surface area contributed by atoms with Gasteiger partial charge in [-0.3, -0.25) is 0 Å². The van der Waals surface area contributed by atoms with Crippen molar-refractivity contribution in [2.45, 2.75) is 43.7 Å². The van der Waals surface area contributed by atoms with Gasteiger partial charge in [-0.1, -0.05) is 19.3 Å². The minimum atomic E-state index is -0.470. The minimum Gasteiger partial charge on any atom is -0.375 e. The molecule has 3 nitrogen and oxygen atoms in total. The Kier molecular flexibility index (Phi) is 3.07. The Hall–Kier alpha value is -0.590. The second-order valence-corrected chi connectivity index (χ2v) is 3.44. The molecule has 68 valence electrons. The van der Waals surface area contributed by atoms with Gasteiger partial charge < -0.3 is 10.5 Å². The van der Waals surface area contributed by atoms with E-state index < -0.39 is 6.04 Å². The van der Waals surface area contributed by atoms with Gasteiger partial charge in [-0.05, 0) is 12.8 Å². The van der Waals surface area contributed by atoms with Crippen LogP contribution >= 0.6 is 0 Å². The van der Waals surface area contributed by atoms with Crippen molar-refractivity contribution in [2.75, 3.05) is 7.11 Å². The molecule has 1 unspecified atom stereocenters. The maximum atomic E-state index is 8.73. The zero-order chi connectivity index (χ0) is 9.03. The molecule has 0 spiro atoms. The predicted molar refractivity (Wildman–Crippen MR) is 46.4 cm³/mol. The van der Waals surface area contributed by atoms with Crippen molar-refractivity contribution < 1.29 is 4.74 Å². The summed E-state index contributed by atoms with van der Waals surface area (Å²) < 4.78 is 5.38. The van der Waals surface area contributed by atoms with Gasteiger partial charge in [0.2, 0.25) is 0 Å². The SMILES string of the molecule is COC1(C(N)C#N)CCCCC1. The summed E-state index contributed by atoms with van der Waals surface area (Å²) in [5.41, 5.74) is 5.35. The summed E-state index contributed by atoms with van der Waals surface area (Å²) in [4.78, 5) is 0. The fourth-order valence-corrected chi connectivity index (χ4v) is 1.91. The van der Waals surface area contributed by atoms with Gasteiger partial charge in [0.1, 0.15) is 6.04 Å². The van der Waals surface area contributed by atoms with Crippen LogP contribution in [0, 0.1) is 11.3 Å². The second kappa shape index (κ2) is 3.88. The number of hydrogen-bond acceptors (Lipinski definition) is 3. The van der Waals surface area contributed by atoms with Gasteiger partial charge in [-0.2, -0.15) is 5.26 Å². The van der Waals surface area contributed by atoms with Gasteiger partial charge in [0.25, 0.3) is 0 Å². The molecule has 0 aromatic rings. The van der Waals surface area contributed by atoms with E-state index in [9.17, 15) is 0 Å². The molecule has 1 rings (SSSR count). The molecular weight excluding hydrogens is 152 g/mol. The average Bonchev–Trinajstić information content (AvgIpc) is 2.17.